The van der Waals surface area contributed by atoms with E-state index < -0.39 is 5.41 Å². The van der Waals surface area contributed by atoms with Crippen LogP contribution in [0.2, 0.25) is 0 Å². The predicted molar refractivity (Wildman–Crippen MR) is 147 cm³/mol. The van der Waals surface area contributed by atoms with E-state index in [1.807, 2.05) is 0 Å². The minimum atomic E-state index is -0.423. The largest absolute Gasteiger partial charge is 0.493 e. The Kier molecular flexibility index (Phi) is 4.99. The summed E-state index contributed by atoms with van der Waals surface area (Å²) in [5.74, 6) is 0. The van der Waals surface area contributed by atoms with Gasteiger partial charge < -0.3 is 18.6 Å². The molecule has 0 radical (unpaired) electrons. The van der Waals surface area contributed by atoms with Gasteiger partial charge in [0.1, 0.15) is 0 Å². The third-order valence-electron chi connectivity index (χ3n) is 8.34. The van der Waals surface area contributed by atoms with Gasteiger partial charge in [-0.1, -0.05) is 84.9 Å². The molecule has 4 nitrogen and oxygen atoms in total. The molecule has 180 valence electrons. The monoisotopic (exact) mass is 484 g/mol. The Hall–Kier alpha value is -3.15. The van der Waals surface area contributed by atoms with Crippen LogP contribution in [0.5, 0.6) is 0 Å². The molecule has 2 aliphatic heterocycles. The maximum atomic E-state index is 6.03. The fraction of sp³-hybridized carbons (Fsp3) is 0.226. The third kappa shape index (κ3) is 3.07. The zero-order valence-electron chi connectivity index (χ0n) is 20.6. The summed E-state index contributed by atoms with van der Waals surface area (Å²) >= 11 is 0. The first-order valence-electron chi connectivity index (χ1n) is 13.3. The Bertz CT molecular complexity index is 1410. The summed E-state index contributed by atoms with van der Waals surface area (Å²) in [7, 11) is -0.655. The van der Waals surface area contributed by atoms with E-state index in [4.69, 9.17) is 18.6 Å². The molecule has 2 aliphatic carbocycles. The predicted octanol–water partition coefficient (Wildman–Crippen LogP) is 4.29. The maximum Gasteiger partial charge on any atom is 0.493 e. The van der Waals surface area contributed by atoms with Crippen molar-refractivity contribution in [3.63, 3.8) is 0 Å². The lowest BCUT2D eigenvalue weighted by molar-refractivity contribution is 0.143. The van der Waals surface area contributed by atoms with E-state index in [1.165, 1.54) is 44.5 Å². The standard InChI is InChI=1S/C31H26B2O4/c1-3-9-27-23(7-1)24-8-2-4-10-28(24)31(27)29-19-21(32-34-15-5-16-35-32)11-13-25(29)26-14-12-22(20-30(26)31)33-36-17-6-18-37-33/h1-4,7-14,19-20H,5-6,15-18H2. The SMILES string of the molecule is c1ccc2c(c1)-c1ccccc1C21c2cc(B3OCCCO3)ccc2-c2ccc(B3OCCCO3)cc21. The van der Waals surface area contributed by atoms with Crippen molar-refractivity contribution < 1.29 is 18.6 Å². The van der Waals surface area contributed by atoms with Gasteiger partial charge in [-0.3, -0.25) is 0 Å². The lowest BCUT2D eigenvalue weighted by Gasteiger charge is -2.31. The fourth-order valence-electron chi connectivity index (χ4n) is 6.83. The van der Waals surface area contributed by atoms with Crippen LogP contribution in [0, 0.1) is 0 Å². The van der Waals surface area contributed by atoms with Gasteiger partial charge in [0.25, 0.3) is 0 Å². The molecule has 2 saturated heterocycles. The van der Waals surface area contributed by atoms with E-state index in [0.717, 1.165) is 50.2 Å². The second-order valence-corrected chi connectivity index (χ2v) is 10.3. The van der Waals surface area contributed by atoms with Gasteiger partial charge in [0.15, 0.2) is 0 Å². The van der Waals surface area contributed by atoms with Crippen molar-refractivity contribution in [3.8, 4) is 22.3 Å². The Labute approximate surface area is 217 Å². The van der Waals surface area contributed by atoms with Crippen LogP contribution in [0.3, 0.4) is 0 Å². The van der Waals surface area contributed by atoms with Crippen LogP contribution in [0.15, 0.2) is 84.9 Å². The summed E-state index contributed by atoms with van der Waals surface area (Å²) < 4.78 is 24.1. The zero-order valence-corrected chi connectivity index (χ0v) is 20.6. The van der Waals surface area contributed by atoms with Crippen LogP contribution >= 0.6 is 0 Å². The highest BCUT2D eigenvalue weighted by Gasteiger charge is 2.52. The molecule has 4 aliphatic rings. The van der Waals surface area contributed by atoms with Gasteiger partial charge in [0.2, 0.25) is 0 Å². The number of benzene rings is 4. The van der Waals surface area contributed by atoms with Crippen molar-refractivity contribution in [2.75, 3.05) is 26.4 Å². The van der Waals surface area contributed by atoms with Crippen molar-refractivity contribution in [1.82, 2.24) is 0 Å². The third-order valence-corrected chi connectivity index (χ3v) is 8.34. The van der Waals surface area contributed by atoms with Gasteiger partial charge in [-0.05, 0) is 68.3 Å². The zero-order chi connectivity index (χ0) is 24.4. The normalized spacial score (nSPS) is 18.9. The van der Waals surface area contributed by atoms with Gasteiger partial charge in [0, 0.05) is 26.4 Å². The molecular weight excluding hydrogens is 458 g/mol. The molecule has 0 unspecified atom stereocenters. The number of hydrogen-bond donors (Lipinski definition) is 0. The fourth-order valence-corrected chi connectivity index (χ4v) is 6.83. The number of hydrogen-bond acceptors (Lipinski definition) is 4. The summed E-state index contributed by atoms with van der Waals surface area (Å²) in [6.45, 7) is 2.90. The quantitative estimate of drug-likeness (QED) is 0.344. The van der Waals surface area contributed by atoms with E-state index in [9.17, 15) is 0 Å². The summed E-state index contributed by atoms with van der Waals surface area (Å²) in [6, 6.07) is 31.3. The molecular formula is C31H26B2O4. The molecule has 4 aromatic carbocycles. The molecule has 1 spiro atoms. The molecule has 2 fully saturated rings. The first-order chi connectivity index (χ1) is 18.4. The van der Waals surface area contributed by atoms with Crippen LogP contribution in [-0.4, -0.2) is 40.7 Å². The molecule has 8 rings (SSSR count). The molecule has 2 heterocycles. The van der Waals surface area contributed by atoms with E-state index in [1.54, 1.807) is 0 Å². The van der Waals surface area contributed by atoms with Crippen molar-refractivity contribution in [3.05, 3.63) is 107 Å². The van der Waals surface area contributed by atoms with Gasteiger partial charge in [-0.2, -0.15) is 0 Å². The summed E-state index contributed by atoms with van der Waals surface area (Å²) in [5, 5.41) is 0. The molecule has 4 aromatic rings. The average Bonchev–Trinajstić information content (AvgIpc) is 3.45. The second-order valence-electron chi connectivity index (χ2n) is 10.3. The van der Waals surface area contributed by atoms with Crippen molar-refractivity contribution in [2.24, 2.45) is 0 Å². The van der Waals surface area contributed by atoms with Gasteiger partial charge in [-0.25, -0.2) is 0 Å². The van der Waals surface area contributed by atoms with Crippen molar-refractivity contribution >= 4 is 25.2 Å². The first kappa shape index (κ1) is 21.9. The minimum Gasteiger partial charge on any atom is -0.407 e. The molecule has 0 bridgehead atoms. The van der Waals surface area contributed by atoms with Crippen LogP contribution < -0.4 is 10.9 Å². The van der Waals surface area contributed by atoms with E-state index in [-0.39, 0.29) is 14.2 Å². The first-order valence-corrected chi connectivity index (χ1v) is 13.3. The number of rotatable bonds is 2. The van der Waals surface area contributed by atoms with Gasteiger partial charge in [-0.15, -0.1) is 0 Å². The summed E-state index contributed by atoms with van der Waals surface area (Å²) in [4.78, 5) is 0. The average molecular weight is 484 g/mol. The van der Waals surface area contributed by atoms with E-state index >= 15 is 0 Å². The lowest BCUT2D eigenvalue weighted by atomic mass is 9.67. The summed E-state index contributed by atoms with van der Waals surface area (Å²) in [6.07, 6.45) is 1.87. The Balaban J connectivity index is 1.42. The van der Waals surface area contributed by atoms with Crippen LogP contribution in [0.25, 0.3) is 22.3 Å². The Morgan fingerprint density at radius 3 is 1.32 bits per heavy atom. The van der Waals surface area contributed by atoms with Crippen molar-refractivity contribution in [2.45, 2.75) is 18.3 Å². The van der Waals surface area contributed by atoms with E-state index in [0.29, 0.717) is 0 Å². The summed E-state index contributed by atoms with van der Waals surface area (Å²) in [5.41, 5.74) is 12.1. The number of fused-ring (bicyclic) bond motifs is 10. The molecule has 6 heteroatoms. The Morgan fingerprint density at radius 1 is 0.459 bits per heavy atom. The topological polar surface area (TPSA) is 36.9 Å². The van der Waals surface area contributed by atoms with Crippen LogP contribution in [0.4, 0.5) is 0 Å². The highest BCUT2D eigenvalue weighted by atomic mass is 16.6. The van der Waals surface area contributed by atoms with Crippen LogP contribution in [0.1, 0.15) is 35.1 Å². The molecule has 0 N–H and O–H groups in total. The second kappa shape index (κ2) is 8.44. The van der Waals surface area contributed by atoms with E-state index in [2.05, 4.69) is 84.9 Å². The van der Waals surface area contributed by atoms with Crippen molar-refractivity contribution in [1.29, 1.82) is 0 Å². The molecule has 0 aromatic heterocycles. The molecule has 0 amide bonds. The lowest BCUT2D eigenvalue weighted by Crippen LogP contribution is -2.42. The highest BCUT2D eigenvalue weighted by molar-refractivity contribution is 6.62. The Morgan fingerprint density at radius 2 is 0.865 bits per heavy atom. The van der Waals surface area contributed by atoms with Gasteiger partial charge >= 0.3 is 14.2 Å². The smallest absolute Gasteiger partial charge is 0.407 e. The molecule has 0 saturated carbocycles. The molecule has 37 heavy (non-hydrogen) atoms. The van der Waals surface area contributed by atoms with Gasteiger partial charge in [0.05, 0.1) is 5.41 Å². The minimum absolute atomic E-state index is 0.327. The van der Waals surface area contributed by atoms with Crippen LogP contribution in [-0.2, 0) is 24.0 Å². The highest BCUT2D eigenvalue weighted by Crippen LogP contribution is 2.62. The maximum absolute atomic E-state index is 6.03. The molecule has 0 atom stereocenters.